The summed E-state index contributed by atoms with van der Waals surface area (Å²) in [6, 6.07) is 15.0. The van der Waals surface area contributed by atoms with Crippen molar-refractivity contribution in [2.45, 2.75) is 185 Å². The minimum atomic E-state index is -2.32. The minimum Gasteiger partial charge on any atom is -0.456 e. The molecule has 2 bridgehead atoms. The molecule has 0 aromatic heterocycles. The molecule has 3 fully saturated rings. The summed E-state index contributed by atoms with van der Waals surface area (Å²) >= 11 is 0. The monoisotopic (exact) mass is 1110 g/mol. The van der Waals surface area contributed by atoms with Crippen molar-refractivity contribution in [3.8, 4) is 0 Å². The number of allylic oxidation sites excluding steroid dienone is 12. The van der Waals surface area contributed by atoms with E-state index in [1.165, 1.54) is 13.8 Å². The normalized spacial score (nSPS) is 29.0. The molecule has 4 aliphatic rings. The first kappa shape index (κ1) is 62.9. The van der Waals surface area contributed by atoms with Crippen molar-refractivity contribution in [3.63, 3.8) is 0 Å². The highest BCUT2D eigenvalue weighted by molar-refractivity contribution is 5.95. The zero-order valence-corrected chi connectivity index (χ0v) is 47.5. The molecule has 2 aromatic rings. The summed E-state index contributed by atoms with van der Waals surface area (Å²) in [5.74, 6) is -6.32. The highest BCUT2D eigenvalue weighted by atomic mass is 16.6. The van der Waals surface area contributed by atoms with E-state index in [4.69, 9.17) is 28.4 Å². The Morgan fingerprint density at radius 2 is 1.35 bits per heavy atom. The predicted octanol–water partition coefficient (Wildman–Crippen LogP) is 9.75. The van der Waals surface area contributed by atoms with Gasteiger partial charge in [0, 0.05) is 43.6 Å². The number of rotatable bonds is 24. The van der Waals surface area contributed by atoms with Gasteiger partial charge in [-0.3, -0.25) is 14.4 Å². The van der Waals surface area contributed by atoms with E-state index in [0.717, 1.165) is 32.1 Å². The van der Waals surface area contributed by atoms with E-state index >= 15 is 4.79 Å². The fraction of sp³-hybridized carbons (Fsp3) is 0.516. The number of fused-ring (bicyclic) bond motifs is 5. The smallest absolute Gasteiger partial charge is 0.408 e. The zero-order chi connectivity index (χ0) is 58.3. The molecule has 434 valence electrons. The van der Waals surface area contributed by atoms with E-state index in [9.17, 15) is 39.6 Å². The van der Waals surface area contributed by atoms with Crippen LogP contribution in [-0.4, -0.2) is 110 Å². The molecular formula is C64H83NO15. The van der Waals surface area contributed by atoms with Crippen LogP contribution in [0.15, 0.2) is 145 Å². The standard InChI is InChI=1S/C64H83NO15/c1-9-10-11-12-13-14-15-16-17-18-19-20-21-22-23-24-25-26-33-38-50(68)77-54-51-42(2)47(76-59(72)53(69)52(45-34-29-27-30-35-45)65-60(73)80-61(5,6)7)40-63(74,43(51)3)57(78-58(71)46-36-31-28-32-37-46)55-62(8,56(54)70)48(67)39-49-64(55,41-75-49)79-44(4)66/h10-11,13-14,16-17,19-20,22-23,25-32,34-37,43,47-49,52-55,57-58,67,69,71,74H,9,12,15,18,21,24,33,38-41H2,1-8H3,(H,65,73)/b11-10-,14-13-,17-16-,20-19-,23-22-,26-25-/t43-,47-,48-,49+,52?,53+,54+,55-,57-,58?,62+,63-,64-/m0/s1. The summed E-state index contributed by atoms with van der Waals surface area (Å²) in [4.78, 5) is 71.0. The number of aliphatic hydroxyl groups excluding tert-OH is 3. The van der Waals surface area contributed by atoms with Crippen molar-refractivity contribution in [3.05, 3.63) is 156 Å². The van der Waals surface area contributed by atoms with Gasteiger partial charge in [0.25, 0.3) is 0 Å². The van der Waals surface area contributed by atoms with Gasteiger partial charge in [-0.1, -0.05) is 147 Å². The molecule has 1 amide bonds. The van der Waals surface area contributed by atoms with Crippen LogP contribution in [0.3, 0.4) is 0 Å². The predicted molar refractivity (Wildman–Crippen MR) is 301 cm³/mol. The Morgan fingerprint density at radius 3 is 1.86 bits per heavy atom. The third-order valence-electron chi connectivity index (χ3n) is 15.6. The first-order chi connectivity index (χ1) is 38.1. The van der Waals surface area contributed by atoms with Crippen LogP contribution in [0.4, 0.5) is 4.79 Å². The molecule has 13 atom stereocenters. The van der Waals surface area contributed by atoms with Crippen LogP contribution in [0.1, 0.15) is 143 Å². The number of Topliss-reactive ketones (excluding diaryl/α,β-unsaturated/α-hetero) is 1. The van der Waals surface area contributed by atoms with Gasteiger partial charge in [0.1, 0.15) is 23.4 Å². The molecule has 5 N–H and O–H groups in total. The van der Waals surface area contributed by atoms with Crippen LogP contribution in [0.2, 0.25) is 0 Å². The van der Waals surface area contributed by atoms with Crippen LogP contribution >= 0.6 is 0 Å². The Morgan fingerprint density at radius 1 is 0.812 bits per heavy atom. The van der Waals surface area contributed by atoms with Gasteiger partial charge in [-0.2, -0.15) is 0 Å². The Kier molecular flexibility index (Phi) is 22.4. The fourth-order valence-electron chi connectivity index (χ4n) is 11.4. The topological polar surface area (TPSA) is 234 Å². The lowest BCUT2D eigenvalue weighted by Crippen LogP contribution is -2.81. The van der Waals surface area contributed by atoms with Gasteiger partial charge in [0.15, 0.2) is 29.9 Å². The lowest BCUT2D eigenvalue weighted by atomic mass is 9.47. The third kappa shape index (κ3) is 15.2. The fourth-order valence-corrected chi connectivity index (χ4v) is 11.4. The Labute approximate surface area is 471 Å². The quantitative estimate of drug-likeness (QED) is 0.0285. The second-order valence-electron chi connectivity index (χ2n) is 22.3. The van der Waals surface area contributed by atoms with E-state index < -0.39 is 119 Å². The number of hydrogen-bond donors (Lipinski definition) is 5. The molecule has 80 heavy (non-hydrogen) atoms. The number of alkyl carbamates (subject to hydrolysis) is 1. The molecule has 2 aromatic carbocycles. The van der Waals surface area contributed by atoms with E-state index in [1.54, 1.807) is 95.3 Å². The van der Waals surface area contributed by atoms with Crippen LogP contribution in [0.5, 0.6) is 0 Å². The van der Waals surface area contributed by atoms with Gasteiger partial charge in [-0.15, -0.1) is 0 Å². The second kappa shape index (κ2) is 28.4. The Balaban J connectivity index is 1.31. The van der Waals surface area contributed by atoms with Gasteiger partial charge in [-0.25, -0.2) is 9.59 Å². The summed E-state index contributed by atoms with van der Waals surface area (Å²) in [7, 11) is 0. The molecule has 3 aliphatic carbocycles. The number of carbonyl (C=O) groups excluding carboxylic acids is 5. The number of esters is 3. The summed E-state index contributed by atoms with van der Waals surface area (Å²) in [5.41, 5.74) is -6.23. The molecule has 2 saturated carbocycles. The highest BCUT2D eigenvalue weighted by Crippen LogP contribution is 2.62. The van der Waals surface area contributed by atoms with Gasteiger partial charge < -0.3 is 54.2 Å². The Bertz CT molecular complexity index is 2650. The van der Waals surface area contributed by atoms with Crippen molar-refractivity contribution in [1.29, 1.82) is 0 Å². The molecule has 6 rings (SSSR count). The average Bonchev–Trinajstić information content (AvgIpc) is 3.52. The maximum absolute atomic E-state index is 16.0. The molecule has 1 heterocycles. The maximum Gasteiger partial charge on any atom is 0.408 e. The first-order valence-electron chi connectivity index (χ1n) is 28.0. The minimum absolute atomic E-state index is 0.0352. The van der Waals surface area contributed by atoms with Crippen LogP contribution < -0.4 is 5.32 Å². The molecule has 0 radical (unpaired) electrons. The van der Waals surface area contributed by atoms with E-state index in [2.05, 4.69) is 66.9 Å². The number of carbonyl (C=O) groups is 5. The number of hydrogen-bond acceptors (Lipinski definition) is 15. The number of ether oxygens (including phenoxy) is 6. The molecule has 16 nitrogen and oxygen atoms in total. The molecule has 1 aliphatic heterocycles. The van der Waals surface area contributed by atoms with Gasteiger partial charge in [-0.05, 0) is 96.3 Å². The first-order valence-corrected chi connectivity index (χ1v) is 28.0. The Hall–Kier alpha value is -6.27. The van der Waals surface area contributed by atoms with Crippen molar-refractivity contribution in [2.24, 2.45) is 17.3 Å². The van der Waals surface area contributed by atoms with E-state index in [1.807, 2.05) is 18.2 Å². The summed E-state index contributed by atoms with van der Waals surface area (Å²) in [6.07, 6.45) is 17.0. The zero-order valence-electron chi connectivity index (χ0n) is 47.5. The number of aliphatic hydroxyl groups is 4. The summed E-state index contributed by atoms with van der Waals surface area (Å²) in [5, 5.41) is 52.5. The van der Waals surface area contributed by atoms with E-state index in [-0.39, 0.29) is 42.6 Å². The number of ketones is 1. The van der Waals surface area contributed by atoms with Crippen molar-refractivity contribution in [2.75, 3.05) is 6.61 Å². The van der Waals surface area contributed by atoms with Gasteiger partial charge >= 0.3 is 24.0 Å². The molecule has 1 saturated heterocycles. The van der Waals surface area contributed by atoms with Crippen molar-refractivity contribution >= 4 is 29.8 Å². The van der Waals surface area contributed by atoms with Crippen LogP contribution in [-0.2, 0) is 47.6 Å². The summed E-state index contributed by atoms with van der Waals surface area (Å²) in [6.45, 7) is 12.6. The van der Waals surface area contributed by atoms with Crippen molar-refractivity contribution in [1.82, 2.24) is 5.32 Å². The second-order valence-corrected chi connectivity index (χ2v) is 22.3. The van der Waals surface area contributed by atoms with Gasteiger partial charge in [0.05, 0.1) is 30.3 Å². The summed E-state index contributed by atoms with van der Waals surface area (Å²) < 4.78 is 36.7. The largest absolute Gasteiger partial charge is 0.456 e. The van der Waals surface area contributed by atoms with Crippen molar-refractivity contribution < 1.29 is 72.8 Å². The molecule has 16 heteroatoms. The molecule has 0 spiro atoms. The SMILES string of the molecule is CC/C=C\C/C=C\C/C=C\C/C=C\C/C=C\C/C=C\CCC(=O)O[C@H]1C(=O)[C@@]2(C)[C@H]([C@H](OC(O)c3ccccc3)[C@]3(O)C[C@H](OC(=O)[C@H](O)C(NC(=O)OC(C)(C)C)c4ccccc4)C(C)=C1[C@@H]3C)[C@]1(OC(C)=O)CO[C@@H]1C[C@@H]2O. The van der Waals surface area contributed by atoms with Crippen LogP contribution in [0, 0.1) is 17.3 Å². The van der Waals surface area contributed by atoms with Gasteiger partial charge in [0.2, 0.25) is 0 Å². The highest BCUT2D eigenvalue weighted by Gasteiger charge is 2.76. The lowest BCUT2D eigenvalue weighted by molar-refractivity contribution is -0.357. The number of benzene rings is 2. The number of nitrogens with one attached hydrogen (secondary N) is 1. The number of amides is 1. The third-order valence-corrected chi connectivity index (χ3v) is 15.6. The molecule has 2 unspecified atom stereocenters. The molecular weight excluding hydrogens is 1020 g/mol. The lowest BCUT2D eigenvalue weighted by Gasteiger charge is -2.66. The van der Waals surface area contributed by atoms with Crippen LogP contribution in [0.25, 0.3) is 0 Å². The maximum atomic E-state index is 16.0. The average molecular weight is 1110 g/mol. The van der Waals surface area contributed by atoms with E-state index in [0.29, 0.717) is 12.0 Å².